The number of hydrogen-bond acceptors (Lipinski definition) is 7. The summed E-state index contributed by atoms with van der Waals surface area (Å²) in [6.07, 6.45) is 3.83. The first-order valence-corrected chi connectivity index (χ1v) is 8.22. The molecule has 0 spiro atoms. The number of hydrogen-bond donors (Lipinski definition) is 0. The van der Waals surface area contributed by atoms with Gasteiger partial charge in [0.1, 0.15) is 11.9 Å². The zero-order chi connectivity index (χ0) is 17.3. The van der Waals surface area contributed by atoms with Crippen molar-refractivity contribution >= 4 is 11.9 Å². The van der Waals surface area contributed by atoms with Gasteiger partial charge in [0.05, 0.1) is 19.3 Å². The van der Waals surface area contributed by atoms with Crippen molar-refractivity contribution in [1.82, 2.24) is 24.7 Å². The third-order valence-electron chi connectivity index (χ3n) is 3.99. The van der Waals surface area contributed by atoms with Crippen LogP contribution in [-0.2, 0) is 11.8 Å². The molecule has 2 aromatic heterocycles. The smallest absolute Gasteiger partial charge is 0.230 e. The normalized spacial score (nSPS) is 18.2. The van der Waals surface area contributed by atoms with Gasteiger partial charge in [0, 0.05) is 45.4 Å². The Hall–Kier alpha value is -2.22. The maximum atomic E-state index is 5.91. The Balaban J connectivity index is 1.87. The van der Waals surface area contributed by atoms with Crippen LogP contribution in [0, 0.1) is 0 Å². The van der Waals surface area contributed by atoms with Crippen LogP contribution in [0.25, 0.3) is 0 Å². The topological polar surface area (TPSA) is 72.2 Å². The van der Waals surface area contributed by atoms with Crippen molar-refractivity contribution in [2.24, 2.45) is 7.05 Å². The second-order valence-corrected chi connectivity index (χ2v) is 6.60. The van der Waals surface area contributed by atoms with Gasteiger partial charge in [-0.1, -0.05) is 13.8 Å². The number of rotatable bonds is 4. The Morgan fingerprint density at radius 2 is 2.04 bits per heavy atom. The molecule has 3 rings (SSSR count). The van der Waals surface area contributed by atoms with E-state index in [1.165, 1.54) is 0 Å². The molecule has 0 bridgehead atoms. The summed E-state index contributed by atoms with van der Waals surface area (Å²) in [4.78, 5) is 17.9. The number of aromatic nitrogens is 5. The second kappa shape index (κ2) is 6.72. The van der Waals surface area contributed by atoms with Crippen molar-refractivity contribution in [3.8, 4) is 0 Å². The Morgan fingerprint density at radius 3 is 2.67 bits per heavy atom. The molecule has 0 aliphatic carbocycles. The molecular weight excluding hydrogens is 306 g/mol. The van der Waals surface area contributed by atoms with E-state index in [4.69, 9.17) is 4.74 Å². The lowest BCUT2D eigenvalue weighted by molar-refractivity contribution is 0.0391. The summed E-state index contributed by atoms with van der Waals surface area (Å²) in [5.41, 5.74) is 1.08. The number of aryl methyl sites for hydroxylation is 1. The van der Waals surface area contributed by atoms with Crippen molar-refractivity contribution in [3.05, 3.63) is 23.8 Å². The van der Waals surface area contributed by atoms with Gasteiger partial charge in [-0.3, -0.25) is 4.68 Å². The van der Waals surface area contributed by atoms with Gasteiger partial charge in [0.25, 0.3) is 0 Å². The van der Waals surface area contributed by atoms with E-state index in [0.29, 0.717) is 19.1 Å². The quantitative estimate of drug-likeness (QED) is 0.838. The third-order valence-corrected chi connectivity index (χ3v) is 3.99. The maximum absolute atomic E-state index is 5.91. The van der Waals surface area contributed by atoms with Crippen molar-refractivity contribution in [2.45, 2.75) is 25.9 Å². The molecule has 0 saturated carbocycles. The van der Waals surface area contributed by atoms with E-state index in [9.17, 15) is 0 Å². The van der Waals surface area contributed by atoms with Crippen LogP contribution in [0.15, 0.2) is 12.4 Å². The molecule has 0 radical (unpaired) electrons. The zero-order valence-corrected chi connectivity index (χ0v) is 15.0. The summed E-state index contributed by atoms with van der Waals surface area (Å²) >= 11 is 0. The summed E-state index contributed by atoms with van der Waals surface area (Å²) in [5.74, 6) is 2.47. The van der Waals surface area contributed by atoms with Crippen LogP contribution in [0.5, 0.6) is 0 Å². The highest BCUT2D eigenvalue weighted by atomic mass is 16.5. The molecule has 0 amide bonds. The van der Waals surface area contributed by atoms with E-state index in [2.05, 4.69) is 38.8 Å². The van der Waals surface area contributed by atoms with Crippen LogP contribution >= 0.6 is 0 Å². The van der Waals surface area contributed by atoms with Gasteiger partial charge in [0.15, 0.2) is 0 Å². The Labute approximate surface area is 142 Å². The first kappa shape index (κ1) is 16.6. The van der Waals surface area contributed by atoms with Crippen LogP contribution < -0.4 is 9.80 Å². The Kier molecular flexibility index (Phi) is 4.66. The predicted octanol–water partition coefficient (Wildman–Crippen LogP) is 1.37. The van der Waals surface area contributed by atoms with E-state index >= 15 is 0 Å². The Morgan fingerprint density at radius 1 is 1.25 bits per heavy atom. The zero-order valence-electron chi connectivity index (χ0n) is 15.0. The minimum atomic E-state index is -0.0190. The second-order valence-electron chi connectivity index (χ2n) is 6.60. The highest BCUT2D eigenvalue weighted by Crippen LogP contribution is 2.25. The van der Waals surface area contributed by atoms with E-state index in [1.807, 2.05) is 38.4 Å². The molecule has 1 aliphatic rings. The molecule has 24 heavy (non-hydrogen) atoms. The van der Waals surface area contributed by atoms with Crippen molar-refractivity contribution < 1.29 is 4.74 Å². The lowest BCUT2D eigenvalue weighted by Crippen LogP contribution is -2.39. The first-order valence-electron chi connectivity index (χ1n) is 8.22. The molecule has 8 nitrogen and oxygen atoms in total. The van der Waals surface area contributed by atoms with Crippen molar-refractivity contribution in [1.29, 1.82) is 0 Å². The predicted molar refractivity (Wildman–Crippen MR) is 92.4 cm³/mol. The number of anilines is 2. The van der Waals surface area contributed by atoms with Gasteiger partial charge in [-0.05, 0) is 0 Å². The van der Waals surface area contributed by atoms with Gasteiger partial charge in [-0.25, -0.2) is 0 Å². The van der Waals surface area contributed by atoms with Gasteiger partial charge in [-0.15, -0.1) is 0 Å². The summed E-state index contributed by atoms with van der Waals surface area (Å²) in [6.45, 7) is 6.30. The van der Waals surface area contributed by atoms with Crippen molar-refractivity contribution in [3.63, 3.8) is 0 Å². The molecule has 1 saturated heterocycles. The summed E-state index contributed by atoms with van der Waals surface area (Å²) in [7, 11) is 5.80. The summed E-state index contributed by atoms with van der Waals surface area (Å²) in [6, 6.07) is 0. The molecule has 1 unspecified atom stereocenters. The molecule has 1 fully saturated rings. The fraction of sp³-hybridized carbons (Fsp3) is 0.625. The van der Waals surface area contributed by atoms with Crippen LogP contribution in [0.4, 0.5) is 11.9 Å². The molecule has 130 valence electrons. The highest BCUT2D eigenvalue weighted by molar-refractivity contribution is 5.39. The molecular formula is C16H25N7O. The van der Waals surface area contributed by atoms with E-state index in [0.717, 1.165) is 23.9 Å². The number of morpholine rings is 1. The van der Waals surface area contributed by atoms with E-state index < -0.39 is 0 Å². The minimum absolute atomic E-state index is 0.0190. The maximum Gasteiger partial charge on any atom is 0.230 e. The minimum Gasteiger partial charge on any atom is -0.370 e. The third kappa shape index (κ3) is 3.48. The molecule has 2 aromatic rings. The molecule has 1 atom stereocenters. The SMILES string of the molecule is CC(C)c1nc(N(C)C)nc(N2CCOC(c3cnn(C)c3)C2)n1. The standard InChI is InChI=1S/C16H25N7O/c1-11(2)14-18-15(21(3)4)20-16(19-14)23-6-7-24-13(10-23)12-8-17-22(5)9-12/h8-9,11,13H,6-7,10H2,1-5H3. The van der Waals surface area contributed by atoms with Gasteiger partial charge in [-0.2, -0.15) is 20.1 Å². The van der Waals surface area contributed by atoms with E-state index in [1.54, 1.807) is 4.68 Å². The molecule has 0 aromatic carbocycles. The summed E-state index contributed by atoms with van der Waals surface area (Å²) < 4.78 is 7.70. The first-order chi connectivity index (χ1) is 11.4. The van der Waals surface area contributed by atoms with E-state index in [-0.39, 0.29) is 12.0 Å². The number of ether oxygens (including phenoxy) is 1. The van der Waals surface area contributed by atoms with Crippen LogP contribution in [0.1, 0.15) is 37.3 Å². The molecule has 1 aliphatic heterocycles. The fourth-order valence-electron chi connectivity index (χ4n) is 2.61. The van der Waals surface area contributed by atoms with Crippen LogP contribution in [0.3, 0.4) is 0 Å². The van der Waals surface area contributed by atoms with Crippen molar-refractivity contribution in [2.75, 3.05) is 43.6 Å². The van der Waals surface area contributed by atoms with Gasteiger partial charge >= 0.3 is 0 Å². The lowest BCUT2D eigenvalue weighted by atomic mass is 10.1. The number of nitrogens with zero attached hydrogens (tertiary/aromatic N) is 7. The largest absolute Gasteiger partial charge is 0.370 e. The van der Waals surface area contributed by atoms with Gasteiger partial charge in [0.2, 0.25) is 11.9 Å². The Bertz CT molecular complexity index is 671. The lowest BCUT2D eigenvalue weighted by Gasteiger charge is -2.33. The fourth-order valence-corrected chi connectivity index (χ4v) is 2.61. The molecule has 0 N–H and O–H groups in total. The summed E-state index contributed by atoms with van der Waals surface area (Å²) in [5, 5.41) is 4.23. The monoisotopic (exact) mass is 331 g/mol. The molecule has 8 heteroatoms. The van der Waals surface area contributed by atoms with Crippen LogP contribution in [-0.4, -0.2) is 58.5 Å². The van der Waals surface area contributed by atoms with Gasteiger partial charge < -0.3 is 14.5 Å². The highest BCUT2D eigenvalue weighted by Gasteiger charge is 2.26. The van der Waals surface area contributed by atoms with Crippen LogP contribution in [0.2, 0.25) is 0 Å². The molecule has 3 heterocycles. The average Bonchev–Trinajstić information content (AvgIpc) is 3.01. The average molecular weight is 331 g/mol.